The summed E-state index contributed by atoms with van der Waals surface area (Å²) in [7, 11) is 0. The predicted molar refractivity (Wildman–Crippen MR) is 145 cm³/mol. The summed E-state index contributed by atoms with van der Waals surface area (Å²) in [6.45, 7) is 2.49. The van der Waals surface area contributed by atoms with Gasteiger partial charge >= 0.3 is 5.97 Å². The van der Waals surface area contributed by atoms with E-state index >= 15 is 0 Å². The van der Waals surface area contributed by atoms with Crippen molar-refractivity contribution in [2.24, 2.45) is 0 Å². The summed E-state index contributed by atoms with van der Waals surface area (Å²) in [5.41, 5.74) is 2.16. The molecule has 0 heterocycles. The van der Waals surface area contributed by atoms with E-state index in [9.17, 15) is 14.0 Å². The predicted octanol–water partition coefficient (Wildman–Crippen LogP) is 7.05. The van der Waals surface area contributed by atoms with Crippen LogP contribution >= 0.6 is 23.2 Å². The lowest BCUT2D eigenvalue weighted by Crippen LogP contribution is -2.27. The fourth-order valence-electron chi connectivity index (χ4n) is 3.70. The molecule has 0 saturated carbocycles. The zero-order valence-corrected chi connectivity index (χ0v) is 21.9. The molecule has 3 rings (SSSR count). The Morgan fingerprint density at radius 2 is 1.76 bits per heavy atom. The molecule has 0 bridgehead atoms. The number of carboxylic acid groups (broad SMARTS) is 1. The SMILES string of the molecule is CCCC[C@@H](COc1ccc(-c2ccc(Cl)cc2Cl)c(F)c1)Nc1ccc(C(=O)NCCC(=O)O)cc1. The molecule has 0 aromatic heterocycles. The minimum absolute atomic E-state index is 0.0383. The van der Waals surface area contributed by atoms with Crippen LogP contribution in [0.25, 0.3) is 11.1 Å². The van der Waals surface area contributed by atoms with Crippen molar-refractivity contribution in [3.05, 3.63) is 82.1 Å². The largest absolute Gasteiger partial charge is 0.491 e. The van der Waals surface area contributed by atoms with Gasteiger partial charge in [0.15, 0.2) is 0 Å². The molecule has 3 aromatic rings. The number of amides is 1. The third kappa shape index (κ3) is 8.65. The Morgan fingerprint density at radius 1 is 1.03 bits per heavy atom. The number of anilines is 1. The van der Waals surface area contributed by atoms with Crippen molar-refractivity contribution in [2.75, 3.05) is 18.5 Å². The lowest BCUT2D eigenvalue weighted by atomic mass is 10.0. The van der Waals surface area contributed by atoms with Crippen molar-refractivity contribution in [1.82, 2.24) is 5.32 Å². The third-order valence-corrected chi connectivity index (χ3v) is 6.21. The maximum atomic E-state index is 14.9. The van der Waals surface area contributed by atoms with Gasteiger partial charge in [0.25, 0.3) is 5.91 Å². The van der Waals surface area contributed by atoms with E-state index in [-0.39, 0.29) is 24.9 Å². The van der Waals surface area contributed by atoms with Gasteiger partial charge in [0, 0.05) is 45.0 Å². The van der Waals surface area contributed by atoms with Crippen molar-refractivity contribution in [3.8, 4) is 16.9 Å². The van der Waals surface area contributed by atoms with Gasteiger partial charge in [-0.05, 0) is 55.0 Å². The monoisotopic (exact) mass is 546 g/mol. The number of ether oxygens (including phenoxy) is 1. The number of unbranched alkanes of at least 4 members (excludes halogenated alkanes) is 1. The molecule has 3 aromatic carbocycles. The van der Waals surface area contributed by atoms with Gasteiger partial charge in [0.05, 0.1) is 12.5 Å². The van der Waals surface area contributed by atoms with Crippen molar-refractivity contribution in [3.63, 3.8) is 0 Å². The number of carbonyl (C=O) groups excluding carboxylic acids is 1. The van der Waals surface area contributed by atoms with Crippen LogP contribution in [0, 0.1) is 5.82 Å². The molecule has 0 saturated heterocycles. The summed E-state index contributed by atoms with van der Waals surface area (Å²) in [6.07, 6.45) is 2.70. The number of carboxylic acids is 1. The number of rotatable bonds is 13. The number of hydrogen-bond acceptors (Lipinski definition) is 4. The van der Waals surface area contributed by atoms with E-state index in [1.165, 1.54) is 6.07 Å². The van der Waals surface area contributed by atoms with E-state index in [0.29, 0.717) is 39.1 Å². The van der Waals surface area contributed by atoms with Crippen molar-refractivity contribution in [1.29, 1.82) is 0 Å². The molecule has 0 aliphatic rings. The van der Waals surface area contributed by atoms with Gasteiger partial charge in [-0.3, -0.25) is 9.59 Å². The van der Waals surface area contributed by atoms with Crippen LogP contribution in [0.5, 0.6) is 5.75 Å². The van der Waals surface area contributed by atoms with Crippen molar-refractivity contribution in [2.45, 2.75) is 38.6 Å². The molecule has 196 valence electrons. The van der Waals surface area contributed by atoms with Crippen LogP contribution in [0.3, 0.4) is 0 Å². The minimum atomic E-state index is -0.968. The van der Waals surface area contributed by atoms with Crippen LogP contribution in [0.15, 0.2) is 60.7 Å². The van der Waals surface area contributed by atoms with Crippen molar-refractivity contribution >= 4 is 40.8 Å². The number of nitrogens with one attached hydrogen (secondary N) is 2. The Kier molecular flexibility index (Phi) is 10.6. The summed E-state index contributed by atoms with van der Waals surface area (Å²) < 4.78 is 20.8. The smallest absolute Gasteiger partial charge is 0.305 e. The molecule has 0 spiro atoms. The first kappa shape index (κ1) is 28.3. The summed E-state index contributed by atoms with van der Waals surface area (Å²) >= 11 is 12.2. The summed E-state index contributed by atoms with van der Waals surface area (Å²) in [5.74, 6) is -1.34. The number of carbonyl (C=O) groups is 2. The lowest BCUT2D eigenvalue weighted by Gasteiger charge is -2.21. The van der Waals surface area contributed by atoms with E-state index < -0.39 is 11.8 Å². The average Bonchev–Trinajstić information content (AvgIpc) is 2.86. The molecule has 0 aliphatic heterocycles. The molecule has 0 fully saturated rings. The highest BCUT2D eigenvalue weighted by molar-refractivity contribution is 6.36. The van der Waals surface area contributed by atoms with Crippen LogP contribution in [-0.4, -0.2) is 36.2 Å². The van der Waals surface area contributed by atoms with Gasteiger partial charge in [-0.1, -0.05) is 49.0 Å². The highest BCUT2D eigenvalue weighted by Crippen LogP contribution is 2.33. The zero-order chi connectivity index (χ0) is 26.8. The highest BCUT2D eigenvalue weighted by Gasteiger charge is 2.14. The van der Waals surface area contributed by atoms with Crippen LogP contribution in [0.4, 0.5) is 10.1 Å². The Balaban J connectivity index is 1.61. The fraction of sp³-hybridized carbons (Fsp3) is 0.286. The summed E-state index contributed by atoms with van der Waals surface area (Å²) in [6, 6.07) is 16.5. The lowest BCUT2D eigenvalue weighted by molar-refractivity contribution is -0.136. The fourth-order valence-corrected chi connectivity index (χ4v) is 4.21. The van der Waals surface area contributed by atoms with Gasteiger partial charge < -0.3 is 20.5 Å². The molecule has 0 unspecified atom stereocenters. The first-order valence-corrected chi connectivity index (χ1v) is 12.8. The topological polar surface area (TPSA) is 87.7 Å². The standard InChI is InChI=1S/C28H29Cl2FN2O4/c1-2-3-4-21(33-20-8-5-18(6-9-20)28(36)32-14-13-27(34)35)17-37-22-10-12-24(26(31)16-22)23-11-7-19(29)15-25(23)30/h5-12,15-16,21,33H,2-4,13-14,17H2,1H3,(H,32,36)(H,34,35)/t21-/m0/s1. The zero-order valence-electron chi connectivity index (χ0n) is 20.4. The first-order chi connectivity index (χ1) is 17.8. The summed E-state index contributed by atoms with van der Waals surface area (Å²) in [4.78, 5) is 22.7. The van der Waals surface area contributed by atoms with Crippen LogP contribution in [0.2, 0.25) is 10.0 Å². The average molecular weight is 547 g/mol. The molecule has 37 heavy (non-hydrogen) atoms. The van der Waals surface area contributed by atoms with Gasteiger partial charge in [-0.15, -0.1) is 0 Å². The molecule has 0 aliphatic carbocycles. The molecular weight excluding hydrogens is 518 g/mol. The molecular formula is C28H29Cl2FN2O4. The third-order valence-electron chi connectivity index (χ3n) is 5.66. The second-order valence-corrected chi connectivity index (χ2v) is 9.38. The minimum Gasteiger partial charge on any atom is -0.491 e. The van der Waals surface area contributed by atoms with Gasteiger partial charge in [-0.25, -0.2) is 4.39 Å². The Hall–Kier alpha value is -3.29. The normalized spacial score (nSPS) is 11.6. The van der Waals surface area contributed by atoms with E-state index in [4.69, 9.17) is 33.0 Å². The molecule has 1 amide bonds. The Bertz CT molecular complexity index is 1220. The number of aliphatic carboxylic acids is 1. The number of halogens is 3. The van der Waals surface area contributed by atoms with Gasteiger partial charge in [-0.2, -0.15) is 0 Å². The van der Waals surface area contributed by atoms with Crippen LogP contribution in [0.1, 0.15) is 43.0 Å². The number of benzene rings is 3. The quantitative estimate of drug-likeness (QED) is 0.213. The Labute approximate surface area is 225 Å². The molecule has 1 atom stereocenters. The maximum absolute atomic E-state index is 14.9. The molecule has 9 heteroatoms. The van der Waals surface area contributed by atoms with E-state index in [2.05, 4.69) is 17.6 Å². The maximum Gasteiger partial charge on any atom is 0.305 e. The van der Waals surface area contributed by atoms with E-state index in [0.717, 1.165) is 24.9 Å². The second-order valence-electron chi connectivity index (χ2n) is 8.54. The molecule has 0 radical (unpaired) electrons. The first-order valence-electron chi connectivity index (χ1n) is 12.0. The van der Waals surface area contributed by atoms with Gasteiger partial charge in [0.2, 0.25) is 0 Å². The molecule has 6 nitrogen and oxygen atoms in total. The molecule has 3 N–H and O–H groups in total. The second kappa shape index (κ2) is 13.9. The van der Waals surface area contributed by atoms with E-state index in [1.807, 2.05) is 0 Å². The van der Waals surface area contributed by atoms with Gasteiger partial charge in [0.1, 0.15) is 18.2 Å². The Morgan fingerprint density at radius 3 is 2.41 bits per heavy atom. The number of hydrogen-bond donors (Lipinski definition) is 3. The van der Waals surface area contributed by atoms with Crippen LogP contribution < -0.4 is 15.4 Å². The van der Waals surface area contributed by atoms with Crippen molar-refractivity contribution < 1.29 is 23.8 Å². The van der Waals surface area contributed by atoms with Crippen LogP contribution in [-0.2, 0) is 4.79 Å². The van der Waals surface area contributed by atoms with E-state index in [1.54, 1.807) is 54.6 Å². The highest BCUT2D eigenvalue weighted by atomic mass is 35.5. The summed E-state index contributed by atoms with van der Waals surface area (Å²) in [5, 5.41) is 15.5.